The van der Waals surface area contributed by atoms with Crippen molar-refractivity contribution < 1.29 is 5.11 Å². The number of hydrogen-bond acceptors (Lipinski definition) is 3. The first-order valence-corrected chi connectivity index (χ1v) is 5.31. The maximum Gasteiger partial charge on any atom is 0.0798 e. The first kappa shape index (κ1) is 9.44. The summed E-state index contributed by atoms with van der Waals surface area (Å²) in [5.74, 6) is 0. The Balaban J connectivity index is 1.81. The molecule has 0 aromatic heterocycles. The van der Waals surface area contributed by atoms with Crippen molar-refractivity contribution in [3.8, 4) is 0 Å². The van der Waals surface area contributed by atoms with Crippen LogP contribution < -0.4 is 0 Å². The van der Waals surface area contributed by atoms with E-state index in [-0.39, 0.29) is 5.60 Å². The molecule has 0 bridgehead atoms. The largest absolute Gasteiger partial charge is 0.388 e. The summed E-state index contributed by atoms with van der Waals surface area (Å²) in [6.45, 7) is 5.38. The van der Waals surface area contributed by atoms with Gasteiger partial charge in [-0.1, -0.05) is 0 Å². The molecule has 0 aliphatic carbocycles. The summed E-state index contributed by atoms with van der Waals surface area (Å²) >= 11 is 0. The molecule has 2 aliphatic heterocycles. The van der Waals surface area contributed by atoms with Crippen LogP contribution in [0.4, 0.5) is 0 Å². The number of piperidine rings is 1. The third-order valence-electron chi connectivity index (χ3n) is 3.38. The zero-order chi connectivity index (χ0) is 9.31. The minimum absolute atomic E-state index is 0.382. The summed E-state index contributed by atoms with van der Waals surface area (Å²) in [6.07, 6.45) is 3.20. The van der Waals surface area contributed by atoms with E-state index in [1.165, 1.54) is 19.5 Å². The molecule has 3 nitrogen and oxygen atoms in total. The van der Waals surface area contributed by atoms with Crippen LogP contribution in [-0.2, 0) is 0 Å². The predicted octanol–water partition coefficient (Wildman–Crippen LogP) is 0.149. The Kier molecular flexibility index (Phi) is 2.58. The molecular formula is C10H20N2O. The predicted molar refractivity (Wildman–Crippen MR) is 52.7 cm³/mol. The molecule has 1 N–H and O–H groups in total. The van der Waals surface area contributed by atoms with Crippen molar-refractivity contribution in [3.63, 3.8) is 0 Å². The van der Waals surface area contributed by atoms with E-state index in [2.05, 4.69) is 16.8 Å². The Morgan fingerprint density at radius 1 is 1.15 bits per heavy atom. The third-order valence-corrected chi connectivity index (χ3v) is 3.38. The fourth-order valence-corrected chi connectivity index (χ4v) is 2.15. The molecule has 76 valence electrons. The highest BCUT2D eigenvalue weighted by Gasteiger charge is 2.34. The van der Waals surface area contributed by atoms with Gasteiger partial charge in [-0.25, -0.2) is 0 Å². The standard InChI is InChI=1S/C10H20N2O/c1-11-7-3-10(13,4-8-11)9-12-5-2-6-12/h13H,2-9H2,1H3. The second-order valence-electron chi connectivity index (χ2n) is 4.66. The van der Waals surface area contributed by atoms with Crippen LogP contribution in [0.1, 0.15) is 19.3 Å². The maximum atomic E-state index is 10.3. The molecule has 0 unspecified atom stereocenters. The summed E-state index contributed by atoms with van der Waals surface area (Å²) in [5, 5.41) is 10.3. The van der Waals surface area contributed by atoms with Gasteiger partial charge >= 0.3 is 0 Å². The minimum atomic E-state index is -0.382. The van der Waals surface area contributed by atoms with E-state index in [0.29, 0.717) is 0 Å². The molecule has 0 aromatic rings. The topological polar surface area (TPSA) is 26.7 Å². The van der Waals surface area contributed by atoms with E-state index < -0.39 is 0 Å². The van der Waals surface area contributed by atoms with Crippen LogP contribution in [0.3, 0.4) is 0 Å². The highest BCUT2D eigenvalue weighted by atomic mass is 16.3. The highest BCUT2D eigenvalue weighted by molar-refractivity contribution is 4.89. The lowest BCUT2D eigenvalue weighted by molar-refractivity contribution is -0.0523. The molecule has 2 heterocycles. The van der Waals surface area contributed by atoms with E-state index in [1.807, 2.05) is 0 Å². The fourth-order valence-electron chi connectivity index (χ4n) is 2.15. The van der Waals surface area contributed by atoms with Crippen LogP contribution in [0.5, 0.6) is 0 Å². The third kappa shape index (κ3) is 2.22. The van der Waals surface area contributed by atoms with Crippen molar-refractivity contribution in [2.45, 2.75) is 24.9 Å². The van der Waals surface area contributed by atoms with Gasteiger partial charge in [0.15, 0.2) is 0 Å². The van der Waals surface area contributed by atoms with E-state index in [9.17, 15) is 5.11 Å². The van der Waals surface area contributed by atoms with E-state index >= 15 is 0 Å². The summed E-state index contributed by atoms with van der Waals surface area (Å²) in [6, 6.07) is 0. The number of nitrogens with zero attached hydrogens (tertiary/aromatic N) is 2. The Labute approximate surface area is 80.3 Å². The molecule has 0 aromatic carbocycles. The Morgan fingerprint density at radius 3 is 2.23 bits per heavy atom. The van der Waals surface area contributed by atoms with E-state index in [4.69, 9.17) is 0 Å². The number of β-amino-alcohol motifs (C(OH)–C–C–N with tert-alkyl or cyclic N) is 1. The van der Waals surface area contributed by atoms with Gasteiger partial charge in [0, 0.05) is 19.6 Å². The summed E-state index contributed by atoms with van der Waals surface area (Å²) < 4.78 is 0. The fraction of sp³-hybridized carbons (Fsp3) is 1.00. The summed E-state index contributed by atoms with van der Waals surface area (Å²) in [4.78, 5) is 4.66. The molecule has 0 spiro atoms. The molecule has 3 heteroatoms. The first-order valence-electron chi connectivity index (χ1n) is 5.31. The van der Waals surface area contributed by atoms with Gasteiger partial charge in [-0.3, -0.25) is 0 Å². The smallest absolute Gasteiger partial charge is 0.0798 e. The van der Waals surface area contributed by atoms with E-state index in [0.717, 1.165) is 32.5 Å². The van der Waals surface area contributed by atoms with Gasteiger partial charge in [0.2, 0.25) is 0 Å². The van der Waals surface area contributed by atoms with Crippen molar-refractivity contribution in [2.75, 3.05) is 39.8 Å². The molecule has 2 rings (SSSR count). The van der Waals surface area contributed by atoms with Gasteiger partial charge in [0.05, 0.1) is 5.60 Å². The lowest BCUT2D eigenvalue weighted by Crippen LogP contribution is -2.53. The van der Waals surface area contributed by atoms with Crippen LogP contribution in [0.15, 0.2) is 0 Å². The van der Waals surface area contributed by atoms with Crippen LogP contribution in [0, 0.1) is 0 Å². The Hall–Kier alpha value is -0.120. The molecular weight excluding hydrogens is 164 g/mol. The summed E-state index contributed by atoms with van der Waals surface area (Å²) in [5.41, 5.74) is -0.382. The Bertz CT molecular complexity index is 172. The normalized spacial score (nSPS) is 30.0. The van der Waals surface area contributed by atoms with Crippen LogP contribution >= 0.6 is 0 Å². The van der Waals surface area contributed by atoms with Crippen molar-refractivity contribution >= 4 is 0 Å². The first-order chi connectivity index (χ1) is 6.18. The van der Waals surface area contributed by atoms with Gasteiger partial charge < -0.3 is 14.9 Å². The monoisotopic (exact) mass is 184 g/mol. The van der Waals surface area contributed by atoms with Gasteiger partial charge in [0.25, 0.3) is 0 Å². The maximum absolute atomic E-state index is 10.3. The van der Waals surface area contributed by atoms with Gasteiger partial charge in [-0.15, -0.1) is 0 Å². The Morgan fingerprint density at radius 2 is 1.77 bits per heavy atom. The van der Waals surface area contributed by atoms with Crippen molar-refractivity contribution in [2.24, 2.45) is 0 Å². The van der Waals surface area contributed by atoms with Crippen molar-refractivity contribution in [1.29, 1.82) is 0 Å². The van der Waals surface area contributed by atoms with Crippen LogP contribution in [0.25, 0.3) is 0 Å². The van der Waals surface area contributed by atoms with Gasteiger partial charge in [-0.05, 0) is 39.4 Å². The lowest BCUT2D eigenvalue weighted by atomic mass is 9.90. The molecule has 0 radical (unpaired) electrons. The number of hydrogen-bond donors (Lipinski definition) is 1. The molecule has 2 saturated heterocycles. The molecule has 2 aliphatic rings. The number of rotatable bonds is 2. The molecule has 0 amide bonds. The molecule has 0 saturated carbocycles. The SMILES string of the molecule is CN1CCC(O)(CN2CCC2)CC1. The molecule has 2 fully saturated rings. The van der Waals surface area contributed by atoms with Gasteiger partial charge in [-0.2, -0.15) is 0 Å². The van der Waals surface area contributed by atoms with Crippen LogP contribution in [-0.4, -0.2) is 60.3 Å². The van der Waals surface area contributed by atoms with Crippen molar-refractivity contribution in [1.82, 2.24) is 9.80 Å². The zero-order valence-electron chi connectivity index (χ0n) is 8.50. The van der Waals surface area contributed by atoms with Gasteiger partial charge in [0.1, 0.15) is 0 Å². The second kappa shape index (κ2) is 3.56. The number of aliphatic hydroxyl groups is 1. The minimum Gasteiger partial charge on any atom is -0.388 e. The zero-order valence-corrected chi connectivity index (χ0v) is 8.50. The lowest BCUT2D eigenvalue weighted by Gasteiger charge is -2.42. The highest BCUT2D eigenvalue weighted by Crippen LogP contribution is 2.24. The second-order valence-corrected chi connectivity index (χ2v) is 4.66. The van der Waals surface area contributed by atoms with E-state index in [1.54, 1.807) is 0 Å². The number of likely N-dealkylation sites (tertiary alicyclic amines) is 2. The van der Waals surface area contributed by atoms with Crippen LogP contribution in [0.2, 0.25) is 0 Å². The molecule has 0 atom stereocenters. The molecule has 13 heavy (non-hydrogen) atoms. The summed E-state index contributed by atoms with van der Waals surface area (Å²) in [7, 11) is 2.13. The van der Waals surface area contributed by atoms with Crippen molar-refractivity contribution in [3.05, 3.63) is 0 Å². The average molecular weight is 184 g/mol. The average Bonchev–Trinajstić information content (AvgIpc) is 2.05. The quantitative estimate of drug-likeness (QED) is 0.662.